The fraction of sp³-hybridized carbons (Fsp3) is 0.321. The van der Waals surface area contributed by atoms with Crippen LogP contribution in [0.3, 0.4) is 0 Å². The molecule has 0 unspecified atom stereocenters. The highest BCUT2D eigenvalue weighted by Crippen LogP contribution is 2.26. The van der Waals surface area contributed by atoms with Crippen LogP contribution in [0.15, 0.2) is 72.8 Å². The van der Waals surface area contributed by atoms with Crippen molar-refractivity contribution in [2.75, 3.05) is 13.2 Å². The van der Waals surface area contributed by atoms with Crippen molar-refractivity contribution < 1.29 is 19.1 Å². The third-order valence-corrected chi connectivity index (χ3v) is 6.21. The van der Waals surface area contributed by atoms with Crippen LogP contribution in [0.5, 0.6) is 0 Å². The first-order chi connectivity index (χ1) is 16.6. The number of carbonyl (C=O) groups is 3. The van der Waals surface area contributed by atoms with Crippen molar-refractivity contribution in [2.24, 2.45) is 5.92 Å². The maximum atomic E-state index is 13.8. The summed E-state index contributed by atoms with van der Waals surface area (Å²) in [4.78, 5) is 40.3. The van der Waals surface area contributed by atoms with Crippen LogP contribution < -0.4 is 5.32 Å². The molecule has 0 saturated carbocycles. The number of rotatable bonds is 9. The molecule has 3 aromatic rings. The fourth-order valence-corrected chi connectivity index (χ4v) is 4.51. The minimum atomic E-state index is -0.674. The van der Waals surface area contributed by atoms with Gasteiger partial charge in [0.2, 0.25) is 11.8 Å². The van der Waals surface area contributed by atoms with E-state index in [1.165, 1.54) is 4.90 Å². The lowest BCUT2D eigenvalue weighted by atomic mass is 9.90. The first kappa shape index (κ1) is 23.5. The zero-order valence-electron chi connectivity index (χ0n) is 19.4. The summed E-state index contributed by atoms with van der Waals surface area (Å²) < 4.78 is 5.28. The molecule has 1 saturated heterocycles. The Labute approximate surface area is 199 Å². The van der Waals surface area contributed by atoms with Gasteiger partial charge in [-0.05, 0) is 41.2 Å². The number of nitrogens with one attached hydrogen (secondary N) is 1. The Kier molecular flexibility index (Phi) is 7.58. The molecule has 0 spiro atoms. The molecule has 1 aliphatic rings. The van der Waals surface area contributed by atoms with E-state index in [2.05, 4.69) is 5.32 Å². The molecule has 6 nitrogen and oxygen atoms in total. The van der Waals surface area contributed by atoms with Gasteiger partial charge in [-0.3, -0.25) is 9.59 Å². The maximum absolute atomic E-state index is 13.8. The Morgan fingerprint density at radius 2 is 1.76 bits per heavy atom. The number of carbonyl (C=O) groups excluding carboxylic acids is 3. The summed E-state index contributed by atoms with van der Waals surface area (Å²) in [7, 11) is 0. The van der Waals surface area contributed by atoms with Gasteiger partial charge in [-0.2, -0.15) is 0 Å². The standard InChI is InChI=1S/C28H30N2O4/c1-2-15-29-26(31)18-23(17-22-13-8-12-21-11-6-7-14-25(21)22)27(32)30-24(19-34-28(30)33)16-20-9-4-3-5-10-20/h3-14,23-24H,2,15-19H2,1H3,(H,29,31)/t23-,24+/m1/s1. The minimum absolute atomic E-state index is 0.0177. The molecule has 2 atom stereocenters. The zero-order valence-corrected chi connectivity index (χ0v) is 19.4. The number of nitrogens with zero attached hydrogens (tertiary/aromatic N) is 1. The number of fused-ring (bicyclic) bond motifs is 1. The first-order valence-corrected chi connectivity index (χ1v) is 11.8. The summed E-state index contributed by atoms with van der Waals surface area (Å²) in [5.74, 6) is -1.22. The lowest BCUT2D eigenvalue weighted by Crippen LogP contribution is -2.45. The van der Waals surface area contributed by atoms with E-state index in [0.29, 0.717) is 19.4 Å². The molecule has 1 N–H and O–H groups in total. The molecule has 3 amide bonds. The van der Waals surface area contributed by atoms with Crippen molar-refractivity contribution in [2.45, 2.75) is 38.6 Å². The second kappa shape index (κ2) is 11.0. The Hall–Kier alpha value is -3.67. The van der Waals surface area contributed by atoms with Crippen molar-refractivity contribution in [3.05, 3.63) is 83.9 Å². The van der Waals surface area contributed by atoms with Gasteiger partial charge in [-0.1, -0.05) is 79.7 Å². The number of benzene rings is 3. The van der Waals surface area contributed by atoms with E-state index in [1.807, 2.05) is 79.7 Å². The van der Waals surface area contributed by atoms with Gasteiger partial charge in [0, 0.05) is 13.0 Å². The van der Waals surface area contributed by atoms with E-state index in [9.17, 15) is 14.4 Å². The van der Waals surface area contributed by atoms with Crippen LogP contribution in [0.1, 0.15) is 30.9 Å². The van der Waals surface area contributed by atoms with Crippen LogP contribution in [0, 0.1) is 5.92 Å². The van der Waals surface area contributed by atoms with Gasteiger partial charge in [0.1, 0.15) is 6.61 Å². The number of imide groups is 1. The van der Waals surface area contributed by atoms with Crippen molar-refractivity contribution >= 4 is 28.7 Å². The molecular weight excluding hydrogens is 428 g/mol. The van der Waals surface area contributed by atoms with Gasteiger partial charge in [-0.25, -0.2) is 9.69 Å². The Morgan fingerprint density at radius 3 is 2.56 bits per heavy atom. The topological polar surface area (TPSA) is 75.7 Å². The molecule has 1 heterocycles. The lowest BCUT2D eigenvalue weighted by molar-refractivity contribution is -0.136. The largest absolute Gasteiger partial charge is 0.447 e. The molecule has 0 aromatic heterocycles. The van der Waals surface area contributed by atoms with Crippen LogP contribution in [-0.4, -0.2) is 42.0 Å². The molecule has 176 valence electrons. The van der Waals surface area contributed by atoms with E-state index in [0.717, 1.165) is 28.3 Å². The highest BCUT2D eigenvalue weighted by molar-refractivity contribution is 5.97. The van der Waals surface area contributed by atoms with Crippen LogP contribution >= 0.6 is 0 Å². The summed E-state index contributed by atoms with van der Waals surface area (Å²) in [6.45, 7) is 2.69. The molecule has 34 heavy (non-hydrogen) atoms. The highest BCUT2D eigenvalue weighted by atomic mass is 16.6. The van der Waals surface area contributed by atoms with Gasteiger partial charge < -0.3 is 10.1 Å². The van der Waals surface area contributed by atoms with Crippen molar-refractivity contribution in [1.82, 2.24) is 10.2 Å². The normalized spacial score (nSPS) is 16.3. The van der Waals surface area contributed by atoms with Gasteiger partial charge >= 0.3 is 6.09 Å². The predicted molar refractivity (Wildman–Crippen MR) is 131 cm³/mol. The lowest BCUT2D eigenvalue weighted by Gasteiger charge is -2.25. The molecule has 0 bridgehead atoms. The highest BCUT2D eigenvalue weighted by Gasteiger charge is 2.41. The molecule has 0 aliphatic carbocycles. The van der Waals surface area contributed by atoms with Crippen LogP contribution in [0.25, 0.3) is 10.8 Å². The number of hydrogen-bond donors (Lipinski definition) is 1. The summed E-state index contributed by atoms with van der Waals surface area (Å²) in [5.41, 5.74) is 2.00. The fourth-order valence-electron chi connectivity index (χ4n) is 4.51. The first-order valence-electron chi connectivity index (χ1n) is 11.8. The Balaban J connectivity index is 1.61. The third-order valence-electron chi connectivity index (χ3n) is 6.21. The quantitative estimate of drug-likeness (QED) is 0.512. The van der Waals surface area contributed by atoms with Crippen LogP contribution in [-0.2, 0) is 27.2 Å². The van der Waals surface area contributed by atoms with E-state index in [1.54, 1.807) is 0 Å². The van der Waals surface area contributed by atoms with Crippen molar-refractivity contribution in [1.29, 1.82) is 0 Å². The smallest absolute Gasteiger partial charge is 0.416 e. The summed E-state index contributed by atoms with van der Waals surface area (Å²) in [5, 5.41) is 4.98. The molecular formula is C28H30N2O4. The average Bonchev–Trinajstić information content (AvgIpc) is 3.22. The van der Waals surface area contributed by atoms with E-state index < -0.39 is 18.1 Å². The van der Waals surface area contributed by atoms with Gasteiger partial charge in [-0.15, -0.1) is 0 Å². The second-order valence-corrected chi connectivity index (χ2v) is 8.72. The second-order valence-electron chi connectivity index (χ2n) is 8.72. The van der Waals surface area contributed by atoms with Crippen molar-refractivity contribution in [3.8, 4) is 0 Å². The summed E-state index contributed by atoms with van der Waals surface area (Å²) in [6, 6.07) is 23.3. The number of amides is 3. The predicted octanol–water partition coefficient (Wildman–Crippen LogP) is 4.50. The molecule has 4 rings (SSSR count). The van der Waals surface area contributed by atoms with E-state index in [4.69, 9.17) is 4.74 Å². The average molecular weight is 459 g/mol. The third kappa shape index (κ3) is 5.45. The number of ether oxygens (including phenoxy) is 1. The van der Waals surface area contributed by atoms with E-state index >= 15 is 0 Å². The monoisotopic (exact) mass is 458 g/mol. The minimum Gasteiger partial charge on any atom is -0.447 e. The summed E-state index contributed by atoms with van der Waals surface area (Å²) in [6.07, 6.45) is 1.07. The number of cyclic esters (lactones) is 1. The Bertz CT molecular complexity index is 1160. The van der Waals surface area contributed by atoms with Gasteiger partial charge in [0.05, 0.1) is 12.0 Å². The van der Waals surface area contributed by atoms with Gasteiger partial charge in [0.15, 0.2) is 0 Å². The number of hydrogen-bond acceptors (Lipinski definition) is 4. The van der Waals surface area contributed by atoms with Gasteiger partial charge in [0.25, 0.3) is 0 Å². The maximum Gasteiger partial charge on any atom is 0.416 e. The molecule has 3 aromatic carbocycles. The molecule has 1 fully saturated rings. The molecule has 6 heteroatoms. The van der Waals surface area contributed by atoms with Crippen LogP contribution in [0.2, 0.25) is 0 Å². The molecule has 1 aliphatic heterocycles. The van der Waals surface area contributed by atoms with Crippen molar-refractivity contribution in [3.63, 3.8) is 0 Å². The Morgan fingerprint density at radius 1 is 1.03 bits per heavy atom. The molecule has 0 radical (unpaired) electrons. The summed E-state index contributed by atoms with van der Waals surface area (Å²) >= 11 is 0. The zero-order chi connectivity index (χ0) is 23.9. The van der Waals surface area contributed by atoms with Crippen LogP contribution in [0.4, 0.5) is 4.79 Å². The SMILES string of the molecule is CCCNC(=O)C[C@@H](Cc1cccc2ccccc12)C(=O)N1C(=O)OC[C@@H]1Cc1ccccc1. The van der Waals surface area contributed by atoms with E-state index in [-0.39, 0.29) is 24.8 Å².